The summed E-state index contributed by atoms with van der Waals surface area (Å²) in [7, 11) is 0. The van der Waals surface area contributed by atoms with Crippen LogP contribution in [0.15, 0.2) is 30.1 Å². The molecule has 2 aromatic rings. The molecular formula is C13H7ClF2N2O4. The lowest BCUT2D eigenvalue weighted by atomic mass is 10.2. The van der Waals surface area contributed by atoms with Gasteiger partial charge in [0.25, 0.3) is 0 Å². The molecule has 0 unspecified atom stereocenters. The minimum absolute atomic E-state index is 0.0741. The van der Waals surface area contributed by atoms with E-state index in [0.717, 1.165) is 18.5 Å². The first-order valence-electron chi connectivity index (χ1n) is 5.67. The minimum atomic E-state index is -1.64. The molecule has 0 amide bonds. The van der Waals surface area contributed by atoms with Crippen molar-refractivity contribution in [3.63, 3.8) is 0 Å². The van der Waals surface area contributed by atoms with Crippen molar-refractivity contribution >= 4 is 40.1 Å². The standard InChI is InChI=1S/C13H7ClF2N2O4/c14-9-8(15)2-5-1-6(3-18-11(5)10(9)16)17-4-7(12(19)20)13(21)22/h1-4,17H,(H,19,20)(H,21,22). The Morgan fingerprint density at radius 2 is 1.86 bits per heavy atom. The Morgan fingerprint density at radius 3 is 2.45 bits per heavy atom. The molecule has 0 saturated heterocycles. The van der Waals surface area contributed by atoms with Crippen LogP contribution >= 0.6 is 11.6 Å². The zero-order valence-corrected chi connectivity index (χ0v) is 11.4. The van der Waals surface area contributed by atoms with Crippen LogP contribution in [0.2, 0.25) is 5.02 Å². The first-order valence-corrected chi connectivity index (χ1v) is 6.05. The first-order chi connectivity index (χ1) is 10.3. The Kier molecular flexibility index (Phi) is 4.22. The Balaban J connectivity index is 2.42. The fraction of sp³-hybridized carbons (Fsp3) is 0. The van der Waals surface area contributed by atoms with Crippen LogP contribution in [-0.2, 0) is 9.59 Å². The maximum Gasteiger partial charge on any atom is 0.344 e. The number of hydrogen-bond acceptors (Lipinski definition) is 4. The number of aliphatic carboxylic acids is 2. The van der Waals surface area contributed by atoms with Gasteiger partial charge in [0.15, 0.2) is 11.4 Å². The first kappa shape index (κ1) is 15.6. The minimum Gasteiger partial charge on any atom is -0.477 e. The second-order valence-corrected chi connectivity index (χ2v) is 4.47. The van der Waals surface area contributed by atoms with Crippen LogP contribution in [0.5, 0.6) is 0 Å². The Bertz CT molecular complexity index is 807. The number of anilines is 1. The van der Waals surface area contributed by atoms with Crippen LogP contribution in [0.3, 0.4) is 0 Å². The molecule has 0 radical (unpaired) electrons. The SMILES string of the molecule is O=C(O)C(=CNc1cnc2c(F)c(Cl)c(F)cc2c1)C(=O)O. The van der Waals surface area contributed by atoms with Gasteiger partial charge in [0.1, 0.15) is 16.4 Å². The summed E-state index contributed by atoms with van der Waals surface area (Å²) in [6.07, 6.45) is 1.85. The number of benzene rings is 1. The van der Waals surface area contributed by atoms with E-state index in [9.17, 15) is 18.4 Å². The molecule has 0 aliphatic heterocycles. The quantitative estimate of drug-likeness (QED) is 0.345. The zero-order chi connectivity index (χ0) is 16.4. The molecule has 0 fully saturated rings. The average molecular weight is 329 g/mol. The molecule has 22 heavy (non-hydrogen) atoms. The third kappa shape index (κ3) is 2.96. The number of rotatable bonds is 4. The number of carbonyl (C=O) groups is 2. The van der Waals surface area contributed by atoms with Crippen LogP contribution in [0.1, 0.15) is 0 Å². The van der Waals surface area contributed by atoms with Gasteiger partial charge in [-0.1, -0.05) is 11.6 Å². The average Bonchev–Trinajstić information content (AvgIpc) is 2.44. The summed E-state index contributed by atoms with van der Waals surface area (Å²) < 4.78 is 27.1. The van der Waals surface area contributed by atoms with E-state index in [1.165, 1.54) is 6.07 Å². The van der Waals surface area contributed by atoms with Gasteiger partial charge in [0.2, 0.25) is 0 Å². The highest BCUT2D eigenvalue weighted by molar-refractivity contribution is 6.31. The van der Waals surface area contributed by atoms with E-state index in [2.05, 4.69) is 10.3 Å². The van der Waals surface area contributed by atoms with Gasteiger partial charge in [0.05, 0.1) is 11.9 Å². The van der Waals surface area contributed by atoms with E-state index >= 15 is 0 Å². The number of nitrogens with zero attached hydrogens (tertiary/aromatic N) is 1. The summed E-state index contributed by atoms with van der Waals surface area (Å²) in [5, 5.41) is 19.1. The molecule has 1 heterocycles. The molecule has 9 heteroatoms. The molecule has 0 atom stereocenters. The molecule has 0 saturated carbocycles. The summed E-state index contributed by atoms with van der Waals surface area (Å²) >= 11 is 5.42. The zero-order valence-electron chi connectivity index (χ0n) is 10.6. The molecule has 3 N–H and O–H groups in total. The number of aromatic nitrogens is 1. The topological polar surface area (TPSA) is 99.5 Å². The van der Waals surface area contributed by atoms with Crippen molar-refractivity contribution in [2.45, 2.75) is 0 Å². The molecule has 6 nitrogen and oxygen atoms in total. The second kappa shape index (κ2) is 5.94. The van der Waals surface area contributed by atoms with Crippen molar-refractivity contribution < 1.29 is 28.6 Å². The number of halogens is 3. The lowest BCUT2D eigenvalue weighted by Crippen LogP contribution is -2.12. The number of fused-ring (bicyclic) bond motifs is 1. The molecular weight excluding hydrogens is 322 g/mol. The monoisotopic (exact) mass is 328 g/mol. The van der Waals surface area contributed by atoms with Crippen molar-refractivity contribution in [3.05, 3.63) is 46.8 Å². The van der Waals surface area contributed by atoms with Crippen LogP contribution in [0, 0.1) is 11.6 Å². The largest absolute Gasteiger partial charge is 0.477 e. The smallest absolute Gasteiger partial charge is 0.344 e. The van der Waals surface area contributed by atoms with Crippen molar-refractivity contribution in [1.82, 2.24) is 4.98 Å². The van der Waals surface area contributed by atoms with Gasteiger partial charge >= 0.3 is 11.9 Å². The number of carboxylic acids is 2. The van der Waals surface area contributed by atoms with E-state index in [4.69, 9.17) is 21.8 Å². The number of hydrogen-bond donors (Lipinski definition) is 3. The lowest BCUT2D eigenvalue weighted by molar-refractivity contribution is -0.140. The van der Waals surface area contributed by atoms with Gasteiger partial charge in [-0.3, -0.25) is 4.98 Å². The molecule has 1 aromatic carbocycles. The van der Waals surface area contributed by atoms with Crippen molar-refractivity contribution in [1.29, 1.82) is 0 Å². The van der Waals surface area contributed by atoms with Crippen molar-refractivity contribution in [2.24, 2.45) is 0 Å². The summed E-state index contributed by atoms with van der Waals surface area (Å²) in [5.74, 6) is -5.27. The second-order valence-electron chi connectivity index (χ2n) is 4.09. The highest BCUT2D eigenvalue weighted by Gasteiger charge is 2.16. The summed E-state index contributed by atoms with van der Waals surface area (Å²) in [4.78, 5) is 25.1. The lowest BCUT2D eigenvalue weighted by Gasteiger charge is -2.06. The van der Waals surface area contributed by atoms with Crippen LogP contribution in [-0.4, -0.2) is 27.1 Å². The Hall–Kier alpha value is -2.74. The molecule has 2 rings (SSSR count). The summed E-state index contributed by atoms with van der Waals surface area (Å²) in [6.45, 7) is 0. The van der Waals surface area contributed by atoms with E-state index in [1.807, 2.05) is 0 Å². The fourth-order valence-electron chi connectivity index (χ4n) is 1.63. The van der Waals surface area contributed by atoms with E-state index in [1.54, 1.807) is 0 Å². The van der Waals surface area contributed by atoms with Crippen molar-refractivity contribution in [3.8, 4) is 0 Å². The predicted molar refractivity (Wildman–Crippen MR) is 73.6 cm³/mol. The maximum atomic E-state index is 13.7. The van der Waals surface area contributed by atoms with Crippen LogP contribution in [0.25, 0.3) is 10.9 Å². The van der Waals surface area contributed by atoms with Gasteiger partial charge in [-0.05, 0) is 12.1 Å². The van der Waals surface area contributed by atoms with Gasteiger partial charge in [0, 0.05) is 11.6 Å². The highest BCUT2D eigenvalue weighted by atomic mass is 35.5. The maximum absolute atomic E-state index is 13.7. The van der Waals surface area contributed by atoms with Gasteiger partial charge in [-0.15, -0.1) is 0 Å². The molecule has 0 spiro atoms. The van der Waals surface area contributed by atoms with Gasteiger partial charge in [-0.2, -0.15) is 0 Å². The Morgan fingerprint density at radius 1 is 1.23 bits per heavy atom. The highest BCUT2D eigenvalue weighted by Crippen LogP contribution is 2.27. The number of carboxylic acid groups (broad SMARTS) is 2. The fourth-order valence-corrected chi connectivity index (χ4v) is 1.78. The van der Waals surface area contributed by atoms with E-state index < -0.39 is 34.2 Å². The molecule has 0 aliphatic carbocycles. The van der Waals surface area contributed by atoms with Gasteiger partial charge in [-0.25, -0.2) is 18.4 Å². The number of nitrogens with one attached hydrogen (secondary N) is 1. The number of pyridine rings is 1. The summed E-state index contributed by atoms with van der Waals surface area (Å²) in [6, 6.07) is 2.22. The third-order valence-corrected chi connectivity index (χ3v) is 3.00. The third-order valence-electron chi connectivity index (χ3n) is 2.65. The van der Waals surface area contributed by atoms with Crippen LogP contribution in [0.4, 0.5) is 14.5 Å². The van der Waals surface area contributed by atoms with Crippen LogP contribution < -0.4 is 5.32 Å². The normalized spacial score (nSPS) is 10.3. The molecule has 0 aliphatic rings. The summed E-state index contributed by atoms with van der Waals surface area (Å²) in [5.41, 5.74) is -0.931. The molecule has 1 aromatic heterocycles. The van der Waals surface area contributed by atoms with E-state index in [-0.39, 0.29) is 16.6 Å². The van der Waals surface area contributed by atoms with Crippen molar-refractivity contribution in [2.75, 3.05) is 5.32 Å². The predicted octanol–water partition coefficient (Wildman–Crippen LogP) is 2.63. The Labute approximate surface area is 126 Å². The van der Waals surface area contributed by atoms with E-state index in [0.29, 0.717) is 0 Å². The van der Waals surface area contributed by atoms with Gasteiger partial charge < -0.3 is 15.5 Å². The molecule has 0 bridgehead atoms. The molecule has 114 valence electrons.